The van der Waals surface area contributed by atoms with Crippen LogP contribution in [0, 0.1) is 0 Å². The zero-order valence-corrected chi connectivity index (χ0v) is 21.9. The van der Waals surface area contributed by atoms with Gasteiger partial charge in [-0.1, -0.05) is 40.2 Å². The number of rotatable bonds is 4. The van der Waals surface area contributed by atoms with E-state index in [0.29, 0.717) is 0 Å². The number of benzene rings is 3. The molecule has 0 spiro atoms. The molecule has 0 bridgehead atoms. The minimum atomic E-state index is 0.930. The summed E-state index contributed by atoms with van der Waals surface area (Å²) in [7, 11) is 0. The van der Waals surface area contributed by atoms with Crippen LogP contribution in [0.4, 0.5) is 0 Å². The lowest BCUT2D eigenvalue weighted by molar-refractivity contribution is 1.14. The van der Waals surface area contributed by atoms with Crippen LogP contribution >= 0.6 is 15.9 Å². The highest BCUT2D eigenvalue weighted by atomic mass is 79.9. The van der Waals surface area contributed by atoms with Crippen molar-refractivity contribution in [3.05, 3.63) is 132 Å². The second kappa shape index (κ2) is 9.36. The molecule has 0 aliphatic carbocycles. The smallest absolute Gasteiger partial charge is 0.145 e. The summed E-state index contributed by atoms with van der Waals surface area (Å²) in [6.07, 6.45) is 5.51. The summed E-state index contributed by atoms with van der Waals surface area (Å²) in [6.45, 7) is 0. The topological polar surface area (TPSA) is 43.6 Å². The third-order valence-electron chi connectivity index (χ3n) is 6.78. The molecular formula is C33H21BrN4. The lowest BCUT2D eigenvalue weighted by Crippen LogP contribution is -1.96. The van der Waals surface area contributed by atoms with E-state index in [-0.39, 0.29) is 0 Å². The van der Waals surface area contributed by atoms with Crippen molar-refractivity contribution in [1.29, 1.82) is 0 Å². The zero-order chi connectivity index (χ0) is 25.5. The van der Waals surface area contributed by atoms with Crippen molar-refractivity contribution in [2.45, 2.75) is 0 Å². The second-order valence-corrected chi connectivity index (χ2v) is 10.1. The number of aromatic nitrogens is 4. The van der Waals surface area contributed by atoms with Gasteiger partial charge in [0.2, 0.25) is 0 Å². The van der Waals surface area contributed by atoms with Crippen molar-refractivity contribution < 1.29 is 0 Å². The Morgan fingerprint density at radius 3 is 1.92 bits per heavy atom. The summed E-state index contributed by atoms with van der Waals surface area (Å²) in [5.74, 6) is 0. The zero-order valence-electron chi connectivity index (χ0n) is 20.3. The molecule has 4 heterocycles. The van der Waals surface area contributed by atoms with Crippen LogP contribution in [0.1, 0.15) is 0 Å². The lowest BCUT2D eigenvalue weighted by atomic mass is 9.96. The predicted octanol–water partition coefficient (Wildman–Crippen LogP) is 8.73. The quantitative estimate of drug-likeness (QED) is 0.219. The van der Waals surface area contributed by atoms with Crippen molar-refractivity contribution in [3.8, 4) is 39.3 Å². The average Bonchev–Trinajstić information content (AvgIpc) is 3.31. The molecule has 0 atom stereocenters. The molecule has 5 heteroatoms. The van der Waals surface area contributed by atoms with Gasteiger partial charge < -0.3 is 0 Å². The Morgan fingerprint density at radius 1 is 0.500 bits per heavy atom. The fraction of sp³-hybridized carbons (Fsp3) is 0. The molecule has 0 radical (unpaired) electrons. The molecule has 0 aliphatic heterocycles. The summed E-state index contributed by atoms with van der Waals surface area (Å²) in [5, 5.41) is 2.30. The van der Waals surface area contributed by atoms with Crippen LogP contribution in [-0.4, -0.2) is 19.5 Å². The molecule has 4 nitrogen and oxygen atoms in total. The molecule has 0 unspecified atom stereocenters. The van der Waals surface area contributed by atoms with Gasteiger partial charge in [-0.05, 0) is 96.1 Å². The van der Waals surface area contributed by atoms with E-state index in [2.05, 4.69) is 97.2 Å². The molecule has 0 saturated carbocycles. The fourth-order valence-electron chi connectivity index (χ4n) is 5.06. The van der Waals surface area contributed by atoms with Crippen LogP contribution in [0.15, 0.2) is 132 Å². The number of hydrogen-bond acceptors (Lipinski definition) is 3. The number of fused-ring (bicyclic) bond motifs is 3. The van der Waals surface area contributed by atoms with Crippen LogP contribution in [-0.2, 0) is 0 Å². The van der Waals surface area contributed by atoms with Crippen LogP contribution in [0.2, 0.25) is 0 Å². The molecular weight excluding hydrogens is 532 g/mol. The van der Waals surface area contributed by atoms with E-state index < -0.39 is 0 Å². The minimum absolute atomic E-state index is 0.930. The van der Waals surface area contributed by atoms with Crippen molar-refractivity contribution >= 4 is 37.9 Å². The first-order valence-corrected chi connectivity index (χ1v) is 13.2. The minimum Gasteiger partial charge on any atom is -0.294 e. The predicted molar refractivity (Wildman–Crippen MR) is 158 cm³/mol. The highest BCUT2D eigenvalue weighted by molar-refractivity contribution is 9.10. The molecule has 0 N–H and O–H groups in total. The van der Waals surface area contributed by atoms with E-state index in [1.165, 1.54) is 5.39 Å². The first kappa shape index (κ1) is 22.6. The third-order valence-corrected chi connectivity index (χ3v) is 7.27. The number of halogens is 1. The average molecular weight is 553 g/mol. The monoisotopic (exact) mass is 552 g/mol. The summed E-state index contributed by atoms with van der Waals surface area (Å²) in [6, 6.07) is 37.7. The molecule has 4 aromatic heterocycles. The maximum Gasteiger partial charge on any atom is 0.145 e. The molecule has 38 heavy (non-hydrogen) atoms. The van der Waals surface area contributed by atoms with E-state index in [1.54, 1.807) is 0 Å². The van der Waals surface area contributed by atoms with Crippen LogP contribution in [0.3, 0.4) is 0 Å². The van der Waals surface area contributed by atoms with E-state index in [1.807, 2.05) is 61.1 Å². The Morgan fingerprint density at radius 2 is 1.21 bits per heavy atom. The second-order valence-electron chi connectivity index (χ2n) is 9.15. The normalized spacial score (nSPS) is 11.3. The van der Waals surface area contributed by atoms with Gasteiger partial charge in [0.1, 0.15) is 5.65 Å². The van der Waals surface area contributed by atoms with Crippen LogP contribution in [0.5, 0.6) is 0 Å². The number of pyridine rings is 3. The summed E-state index contributed by atoms with van der Waals surface area (Å²) >= 11 is 3.64. The van der Waals surface area contributed by atoms with Crippen LogP contribution in [0.25, 0.3) is 61.3 Å². The van der Waals surface area contributed by atoms with Crippen molar-refractivity contribution in [2.24, 2.45) is 0 Å². The molecule has 180 valence electrons. The van der Waals surface area contributed by atoms with E-state index in [9.17, 15) is 0 Å². The van der Waals surface area contributed by atoms with Gasteiger partial charge in [-0.2, -0.15) is 0 Å². The van der Waals surface area contributed by atoms with Crippen molar-refractivity contribution in [3.63, 3.8) is 0 Å². The Labute approximate surface area is 228 Å². The van der Waals surface area contributed by atoms with E-state index in [0.717, 1.165) is 60.4 Å². The number of nitrogens with zero attached hydrogens (tertiary/aromatic N) is 4. The lowest BCUT2D eigenvalue weighted by Gasteiger charge is -2.13. The summed E-state index contributed by atoms with van der Waals surface area (Å²) in [5.41, 5.74) is 9.30. The van der Waals surface area contributed by atoms with Gasteiger partial charge in [-0.3, -0.25) is 14.5 Å². The fourth-order valence-corrected chi connectivity index (χ4v) is 5.42. The van der Waals surface area contributed by atoms with Gasteiger partial charge in [0.05, 0.1) is 16.9 Å². The molecule has 0 saturated heterocycles. The van der Waals surface area contributed by atoms with Gasteiger partial charge >= 0.3 is 0 Å². The Kier molecular flexibility index (Phi) is 5.56. The van der Waals surface area contributed by atoms with Gasteiger partial charge in [0.15, 0.2) is 0 Å². The molecule has 0 aliphatic rings. The molecule has 0 amide bonds. The molecule has 7 aromatic rings. The Hall–Kier alpha value is -4.61. The summed E-state index contributed by atoms with van der Waals surface area (Å²) in [4.78, 5) is 14.0. The molecule has 7 rings (SSSR count). The highest BCUT2D eigenvalue weighted by Crippen LogP contribution is 2.35. The van der Waals surface area contributed by atoms with Gasteiger partial charge in [-0.25, -0.2) is 4.98 Å². The van der Waals surface area contributed by atoms with E-state index >= 15 is 0 Å². The third kappa shape index (κ3) is 3.98. The maximum atomic E-state index is 4.77. The highest BCUT2D eigenvalue weighted by Gasteiger charge is 2.15. The van der Waals surface area contributed by atoms with Gasteiger partial charge in [0, 0.05) is 50.6 Å². The number of hydrogen-bond donors (Lipinski definition) is 0. The largest absolute Gasteiger partial charge is 0.294 e. The Balaban J connectivity index is 1.44. The summed E-state index contributed by atoms with van der Waals surface area (Å²) < 4.78 is 3.29. The first-order valence-electron chi connectivity index (χ1n) is 12.4. The van der Waals surface area contributed by atoms with E-state index in [4.69, 9.17) is 4.98 Å². The molecule has 3 aromatic carbocycles. The Bertz CT molecular complexity index is 1870. The van der Waals surface area contributed by atoms with Crippen molar-refractivity contribution in [2.75, 3.05) is 0 Å². The standard InChI is InChI=1S/C33H21BrN4/c34-26-12-13-32-29(21-26)28-9-6-16-37-33(28)38(32)27-8-5-7-22(20-27)23-17-24(30-10-1-3-14-35-30)19-25(18-23)31-11-2-4-15-36-31/h1-21H. The van der Waals surface area contributed by atoms with Gasteiger partial charge in [-0.15, -0.1) is 0 Å². The SMILES string of the molecule is Brc1ccc2c(c1)c1cccnc1n2-c1cccc(-c2cc(-c3ccccn3)cc(-c3ccccn3)c2)c1. The molecule has 0 fully saturated rings. The maximum absolute atomic E-state index is 4.77. The van der Waals surface area contributed by atoms with Crippen molar-refractivity contribution in [1.82, 2.24) is 19.5 Å². The van der Waals surface area contributed by atoms with Gasteiger partial charge in [0.25, 0.3) is 0 Å². The van der Waals surface area contributed by atoms with Crippen LogP contribution < -0.4 is 0 Å². The first-order chi connectivity index (χ1) is 18.7.